The van der Waals surface area contributed by atoms with Crippen molar-refractivity contribution in [3.05, 3.63) is 59.7 Å². The van der Waals surface area contributed by atoms with Crippen molar-refractivity contribution in [3.8, 4) is 5.75 Å². The van der Waals surface area contributed by atoms with Gasteiger partial charge in [0.25, 0.3) is 0 Å². The Labute approximate surface area is 141 Å². The Hall–Kier alpha value is -1.96. The molecule has 2 aromatic rings. The van der Waals surface area contributed by atoms with Crippen LogP contribution >= 0.6 is 0 Å². The number of aryl methyl sites for hydroxylation is 1. The van der Waals surface area contributed by atoms with Crippen molar-refractivity contribution >= 4 is 5.69 Å². The highest BCUT2D eigenvalue weighted by atomic mass is 16.5. The summed E-state index contributed by atoms with van der Waals surface area (Å²) >= 11 is 0. The Bertz CT molecular complexity index is 613. The molecule has 2 rings (SSSR count). The highest BCUT2D eigenvalue weighted by Crippen LogP contribution is 2.28. The van der Waals surface area contributed by atoms with Crippen LogP contribution in [-0.4, -0.2) is 19.7 Å². The van der Waals surface area contributed by atoms with E-state index < -0.39 is 0 Å². The van der Waals surface area contributed by atoms with Gasteiger partial charge in [-0.25, -0.2) is 0 Å². The number of hydrogen-bond acceptors (Lipinski definition) is 2. The van der Waals surface area contributed by atoms with Crippen molar-refractivity contribution in [2.45, 2.75) is 40.0 Å². The zero-order chi connectivity index (χ0) is 16.9. The van der Waals surface area contributed by atoms with Crippen molar-refractivity contribution < 1.29 is 4.74 Å². The van der Waals surface area contributed by atoms with E-state index in [-0.39, 0.29) is 5.41 Å². The molecule has 0 aliphatic heterocycles. The molecule has 0 unspecified atom stereocenters. The molecule has 0 atom stereocenters. The monoisotopic (exact) mass is 311 g/mol. The molecular weight excluding hydrogens is 282 g/mol. The number of rotatable bonds is 6. The van der Waals surface area contributed by atoms with Crippen LogP contribution in [0, 0.1) is 6.92 Å². The third kappa shape index (κ3) is 4.75. The summed E-state index contributed by atoms with van der Waals surface area (Å²) in [4.78, 5) is 2.34. The quantitative estimate of drug-likeness (QED) is 0.727. The molecule has 0 aliphatic rings. The van der Waals surface area contributed by atoms with Crippen molar-refractivity contribution in [2.24, 2.45) is 0 Å². The molecule has 0 aromatic heterocycles. The highest BCUT2D eigenvalue weighted by molar-refractivity contribution is 5.46. The lowest BCUT2D eigenvalue weighted by Gasteiger charge is -2.24. The van der Waals surface area contributed by atoms with Gasteiger partial charge in [-0.2, -0.15) is 0 Å². The molecule has 0 saturated carbocycles. The van der Waals surface area contributed by atoms with Gasteiger partial charge in [-0.15, -0.1) is 0 Å². The van der Waals surface area contributed by atoms with Crippen LogP contribution in [0.4, 0.5) is 5.69 Å². The van der Waals surface area contributed by atoms with E-state index in [9.17, 15) is 0 Å². The molecule has 0 radical (unpaired) electrons. The molecule has 124 valence electrons. The Morgan fingerprint density at radius 2 is 1.70 bits per heavy atom. The maximum Gasteiger partial charge on any atom is 0.122 e. The fourth-order valence-corrected chi connectivity index (χ4v) is 2.60. The summed E-state index contributed by atoms with van der Waals surface area (Å²) in [5, 5.41) is 0. The Kier molecular flexibility index (Phi) is 5.70. The van der Waals surface area contributed by atoms with Crippen molar-refractivity contribution in [1.29, 1.82) is 0 Å². The number of benzene rings is 2. The summed E-state index contributed by atoms with van der Waals surface area (Å²) in [6, 6.07) is 17.0. The third-order valence-corrected chi connectivity index (χ3v) is 4.18. The van der Waals surface area contributed by atoms with Gasteiger partial charge < -0.3 is 9.64 Å². The molecule has 2 heteroatoms. The lowest BCUT2D eigenvalue weighted by molar-refractivity contribution is 0.321. The Balaban J connectivity index is 2.00. The fraction of sp³-hybridized carbons (Fsp3) is 0.429. The van der Waals surface area contributed by atoms with Gasteiger partial charge in [-0.3, -0.25) is 0 Å². The minimum absolute atomic E-state index is 0.144. The maximum atomic E-state index is 6.08. The predicted octanol–water partition coefficient (Wildman–Crippen LogP) is 5.20. The fourth-order valence-electron chi connectivity index (χ4n) is 2.60. The van der Waals surface area contributed by atoms with E-state index in [2.05, 4.69) is 88.0 Å². The first-order chi connectivity index (χ1) is 10.9. The van der Waals surface area contributed by atoms with Gasteiger partial charge in [0, 0.05) is 12.2 Å². The zero-order valence-corrected chi connectivity index (χ0v) is 15.1. The summed E-state index contributed by atoms with van der Waals surface area (Å²) in [5.41, 5.74) is 3.90. The van der Waals surface area contributed by atoms with E-state index in [1.165, 1.54) is 16.8 Å². The molecular formula is C21H29NO. The van der Waals surface area contributed by atoms with Gasteiger partial charge in [0.15, 0.2) is 0 Å². The molecule has 0 amide bonds. The van der Waals surface area contributed by atoms with Gasteiger partial charge in [-0.05, 0) is 48.6 Å². The molecule has 0 saturated heterocycles. The molecule has 0 heterocycles. The lowest BCUT2D eigenvalue weighted by Crippen LogP contribution is -2.28. The number of ether oxygens (including phenoxy) is 1. The summed E-state index contributed by atoms with van der Waals surface area (Å²) in [5.74, 6) is 1.00. The number of hydrogen-bond donors (Lipinski definition) is 0. The minimum Gasteiger partial charge on any atom is -0.491 e. The molecule has 2 aromatic carbocycles. The van der Waals surface area contributed by atoms with Crippen molar-refractivity contribution in [3.63, 3.8) is 0 Å². The first-order valence-electron chi connectivity index (χ1n) is 8.45. The standard InChI is InChI=1S/C21H29NO/c1-6-22(19-10-8-7-9-11-19)14-15-23-20-16-18(21(3,4)5)13-12-17(20)2/h7-13,16H,6,14-15H2,1-5H3. The van der Waals surface area contributed by atoms with Gasteiger partial charge in [0.1, 0.15) is 12.4 Å². The first kappa shape index (κ1) is 17.4. The second-order valence-electron chi connectivity index (χ2n) is 6.99. The molecule has 0 N–H and O–H groups in total. The summed E-state index contributed by atoms with van der Waals surface area (Å²) in [6.07, 6.45) is 0. The van der Waals surface area contributed by atoms with Crippen LogP contribution in [-0.2, 0) is 5.41 Å². The van der Waals surface area contributed by atoms with Crippen LogP contribution in [0.5, 0.6) is 5.75 Å². The topological polar surface area (TPSA) is 12.5 Å². The average molecular weight is 311 g/mol. The second kappa shape index (κ2) is 7.54. The van der Waals surface area contributed by atoms with Crippen molar-refractivity contribution in [1.82, 2.24) is 0 Å². The largest absolute Gasteiger partial charge is 0.491 e. The molecule has 0 bridgehead atoms. The van der Waals surface area contributed by atoms with E-state index >= 15 is 0 Å². The number of likely N-dealkylation sites (N-methyl/N-ethyl adjacent to an activating group) is 1. The van der Waals surface area contributed by atoms with Crippen LogP contribution in [0.25, 0.3) is 0 Å². The Morgan fingerprint density at radius 1 is 1.00 bits per heavy atom. The van der Waals surface area contributed by atoms with E-state index in [1.54, 1.807) is 0 Å². The van der Waals surface area contributed by atoms with E-state index in [4.69, 9.17) is 4.74 Å². The summed E-state index contributed by atoms with van der Waals surface area (Å²) in [7, 11) is 0. The Morgan fingerprint density at radius 3 is 2.30 bits per heavy atom. The van der Waals surface area contributed by atoms with Gasteiger partial charge >= 0.3 is 0 Å². The normalized spacial score (nSPS) is 11.3. The second-order valence-corrected chi connectivity index (χ2v) is 6.99. The van der Waals surface area contributed by atoms with E-state index in [0.29, 0.717) is 6.61 Å². The minimum atomic E-state index is 0.144. The molecule has 2 nitrogen and oxygen atoms in total. The SMILES string of the molecule is CCN(CCOc1cc(C(C)(C)C)ccc1C)c1ccccc1. The summed E-state index contributed by atoms with van der Waals surface area (Å²) < 4.78 is 6.08. The van der Waals surface area contributed by atoms with Crippen LogP contribution < -0.4 is 9.64 Å². The molecule has 0 aliphatic carbocycles. The highest BCUT2D eigenvalue weighted by Gasteiger charge is 2.15. The number of anilines is 1. The average Bonchev–Trinajstić information content (AvgIpc) is 2.53. The van der Waals surface area contributed by atoms with Crippen LogP contribution in [0.2, 0.25) is 0 Å². The zero-order valence-electron chi connectivity index (χ0n) is 15.1. The molecule has 23 heavy (non-hydrogen) atoms. The lowest BCUT2D eigenvalue weighted by atomic mass is 9.86. The molecule has 0 spiro atoms. The van der Waals surface area contributed by atoms with Crippen molar-refractivity contribution in [2.75, 3.05) is 24.6 Å². The van der Waals surface area contributed by atoms with Crippen LogP contribution in [0.3, 0.4) is 0 Å². The first-order valence-corrected chi connectivity index (χ1v) is 8.45. The summed E-state index contributed by atoms with van der Waals surface area (Å²) in [6.45, 7) is 13.5. The van der Waals surface area contributed by atoms with E-state index in [1.807, 2.05) is 0 Å². The number of nitrogens with zero attached hydrogens (tertiary/aromatic N) is 1. The third-order valence-electron chi connectivity index (χ3n) is 4.18. The van der Waals surface area contributed by atoms with Crippen LogP contribution in [0.15, 0.2) is 48.5 Å². The maximum absolute atomic E-state index is 6.08. The van der Waals surface area contributed by atoms with Gasteiger partial charge in [0.05, 0.1) is 6.54 Å². The predicted molar refractivity (Wildman–Crippen MR) is 99.7 cm³/mol. The van der Waals surface area contributed by atoms with Gasteiger partial charge in [0.2, 0.25) is 0 Å². The van der Waals surface area contributed by atoms with E-state index in [0.717, 1.165) is 18.8 Å². The molecule has 0 fully saturated rings. The van der Waals surface area contributed by atoms with Gasteiger partial charge in [-0.1, -0.05) is 51.1 Å². The van der Waals surface area contributed by atoms with Crippen LogP contribution in [0.1, 0.15) is 38.8 Å². The number of para-hydroxylation sites is 1. The smallest absolute Gasteiger partial charge is 0.122 e.